The molecule has 2 heterocycles. The van der Waals surface area contributed by atoms with Crippen molar-refractivity contribution in [3.63, 3.8) is 0 Å². The molecule has 6 nitrogen and oxygen atoms in total. The van der Waals surface area contributed by atoms with Crippen molar-refractivity contribution in [2.24, 2.45) is 17.8 Å². The summed E-state index contributed by atoms with van der Waals surface area (Å²) < 4.78 is 14.9. The number of para-hydroxylation sites is 1. The second-order valence-electron chi connectivity index (χ2n) is 13.9. The summed E-state index contributed by atoms with van der Waals surface area (Å²) in [6, 6.07) is 30.0. The molecule has 1 unspecified atom stereocenters. The highest BCUT2D eigenvalue weighted by Crippen LogP contribution is 2.36. The van der Waals surface area contributed by atoms with Gasteiger partial charge in [-0.2, -0.15) is 0 Å². The van der Waals surface area contributed by atoms with Crippen LogP contribution in [0, 0.1) is 17.8 Å². The van der Waals surface area contributed by atoms with Gasteiger partial charge in [-0.15, -0.1) is 0 Å². The van der Waals surface area contributed by atoms with E-state index in [0.29, 0.717) is 60.3 Å². The lowest BCUT2D eigenvalue weighted by molar-refractivity contribution is -0.142. The fourth-order valence-corrected chi connectivity index (χ4v) is 6.33. The molecule has 0 amide bonds. The van der Waals surface area contributed by atoms with E-state index in [4.69, 9.17) is 9.47 Å². The number of hydrogen-bond acceptors (Lipinski definition) is 4. The average molecular weight is 660 g/mol. The van der Waals surface area contributed by atoms with Gasteiger partial charge in [0.05, 0.1) is 17.0 Å². The molecule has 1 N–H and O–H groups in total. The first-order valence-corrected chi connectivity index (χ1v) is 17.5. The Bertz CT molecular complexity index is 1850. The summed E-state index contributed by atoms with van der Waals surface area (Å²) in [5.41, 5.74) is 7.24. The smallest absolute Gasteiger partial charge is 0.306 e. The number of carbonyl (C=O) groups excluding carboxylic acids is 1. The van der Waals surface area contributed by atoms with Crippen LogP contribution >= 0.6 is 0 Å². The second kappa shape index (κ2) is 16.5. The Morgan fingerprint density at radius 1 is 0.714 bits per heavy atom. The van der Waals surface area contributed by atoms with Gasteiger partial charge < -0.3 is 19.0 Å². The fourth-order valence-electron chi connectivity index (χ4n) is 6.33. The molecule has 5 rings (SSSR count). The number of aromatic nitrogens is 1. The Morgan fingerprint density at radius 2 is 1.31 bits per heavy atom. The lowest BCUT2D eigenvalue weighted by atomic mass is 9.98. The summed E-state index contributed by atoms with van der Waals surface area (Å²) >= 11 is 0. The van der Waals surface area contributed by atoms with Crippen LogP contribution in [-0.4, -0.2) is 21.3 Å². The van der Waals surface area contributed by atoms with Crippen LogP contribution < -0.4 is 9.47 Å². The number of carbonyl (C=O) groups is 2. The molecule has 3 aromatic carbocycles. The lowest BCUT2D eigenvalue weighted by Crippen LogP contribution is -2.13. The summed E-state index contributed by atoms with van der Waals surface area (Å²) in [6.45, 7) is 11.4. The number of ketones is 1. The average Bonchev–Trinajstić information content (AvgIpc) is 3.45. The quantitative estimate of drug-likeness (QED) is 0.101. The van der Waals surface area contributed by atoms with E-state index < -0.39 is 11.9 Å². The van der Waals surface area contributed by atoms with Crippen LogP contribution in [0.15, 0.2) is 97.2 Å². The van der Waals surface area contributed by atoms with Gasteiger partial charge in [0.25, 0.3) is 0 Å². The molecular formula is C43H49NO5. The number of pyridine rings is 1. The third-order valence-electron chi connectivity index (χ3n) is 8.93. The SMILES string of the molecule is CCC(CCc1cc(C(=O)c2cccc(OCc3ccc(CC(C)C)cc3)c2OCc2ccc(CC(C)C)cc2)c2ccccn12)C(=O)O. The number of hydrogen-bond donors (Lipinski definition) is 1. The van der Waals surface area contributed by atoms with Gasteiger partial charge in [-0.05, 0) is 96.5 Å². The van der Waals surface area contributed by atoms with Crippen LogP contribution in [0.1, 0.15) is 91.3 Å². The molecule has 0 radical (unpaired) electrons. The predicted molar refractivity (Wildman–Crippen MR) is 196 cm³/mol. The summed E-state index contributed by atoms with van der Waals surface area (Å²) in [5, 5.41) is 9.62. The third-order valence-corrected chi connectivity index (χ3v) is 8.93. The van der Waals surface area contributed by atoms with Crippen molar-refractivity contribution in [1.29, 1.82) is 0 Å². The van der Waals surface area contributed by atoms with E-state index in [-0.39, 0.29) is 12.4 Å². The van der Waals surface area contributed by atoms with Crippen LogP contribution in [0.3, 0.4) is 0 Å². The maximum absolute atomic E-state index is 14.5. The minimum atomic E-state index is -0.792. The number of fused-ring (bicyclic) bond motifs is 1. The van der Waals surface area contributed by atoms with Crippen LogP contribution in [-0.2, 0) is 37.3 Å². The van der Waals surface area contributed by atoms with Crippen molar-refractivity contribution in [2.45, 2.75) is 79.9 Å². The van der Waals surface area contributed by atoms with Gasteiger partial charge in [0, 0.05) is 17.5 Å². The highest BCUT2D eigenvalue weighted by Gasteiger charge is 2.24. The first-order valence-electron chi connectivity index (χ1n) is 17.5. The Labute approximate surface area is 290 Å². The van der Waals surface area contributed by atoms with Gasteiger partial charge in [0.15, 0.2) is 17.3 Å². The maximum atomic E-state index is 14.5. The van der Waals surface area contributed by atoms with Gasteiger partial charge in [-0.1, -0.05) is 95.3 Å². The topological polar surface area (TPSA) is 77.2 Å². The first kappa shape index (κ1) is 35.5. The minimum absolute atomic E-state index is 0.175. The number of carboxylic acids is 1. The van der Waals surface area contributed by atoms with E-state index in [1.807, 2.05) is 53.9 Å². The van der Waals surface area contributed by atoms with Gasteiger partial charge in [-0.3, -0.25) is 9.59 Å². The van der Waals surface area contributed by atoms with E-state index in [9.17, 15) is 14.7 Å². The van der Waals surface area contributed by atoms with Crippen molar-refractivity contribution in [3.05, 3.63) is 136 Å². The van der Waals surface area contributed by atoms with Crippen LogP contribution in [0.25, 0.3) is 5.52 Å². The zero-order valence-corrected chi connectivity index (χ0v) is 29.4. The van der Waals surface area contributed by atoms with Crippen molar-refractivity contribution in [2.75, 3.05) is 0 Å². The Hall–Kier alpha value is -4.84. The lowest BCUT2D eigenvalue weighted by Gasteiger charge is -2.17. The largest absolute Gasteiger partial charge is 0.485 e. The maximum Gasteiger partial charge on any atom is 0.306 e. The molecule has 256 valence electrons. The number of aliphatic carboxylic acids is 1. The number of aryl methyl sites for hydroxylation is 1. The zero-order chi connectivity index (χ0) is 34.9. The van der Waals surface area contributed by atoms with E-state index in [0.717, 1.165) is 35.2 Å². The molecule has 0 saturated carbocycles. The van der Waals surface area contributed by atoms with Crippen LogP contribution in [0.2, 0.25) is 0 Å². The number of carboxylic acid groups (broad SMARTS) is 1. The van der Waals surface area contributed by atoms with Gasteiger partial charge in [-0.25, -0.2) is 0 Å². The van der Waals surface area contributed by atoms with Gasteiger partial charge >= 0.3 is 5.97 Å². The monoisotopic (exact) mass is 659 g/mol. The molecule has 0 aliphatic heterocycles. The summed E-state index contributed by atoms with van der Waals surface area (Å²) in [5.74, 6) is 0.662. The Kier molecular flexibility index (Phi) is 12.0. The molecule has 6 heteroatoms. The van der Waals surface area contributed by atoms with E-state index >= 15 is 0 Å². The minimum Gasteiger partial charge on any atom is -0.485 e. The summed E-state index contributed by atoms with van der Waals surface area (Å²) in [6.07, 6.45) is 5.55. The predicted octanol–water partition coefficient (Wildman–Crippen LogP) is 9.77. The normalized spacial score (nSPS) is 12.1. The molecule has 49 heavy (non-hydrogen) atoms. The van der Waals surface area contributed by atoms with E-state index in [1.54, 1.807) is 6.07 Å². The Balaban J connectivity index is 1.46. The molecule has 1 atom stereocenters. The van der Waals surface area contributed by atoms with E-state index in [2.05, 4.69) is 76.2 Å². The molecule has 2 aromatic heterocycles. The van der Waals surface area contributed by atoms with Gasteiger partial charge in [0.2, 0.25) is 0 Å². The molecular weight excluding hydrogens is 610 g/mol. The molecule has 0 aliphatic carbocycles. The summed E-state index contributed by atoms with van der Waals surface area (Å²) in [7, 11) is 0. The third kappa shape index (κ3) is 9.20. The van der Waals surface area contributed by atoms with Crippen molar-refractivity contribution < 1.29 is 24.2 Å². The molecule has 0 bridgehead atoms. The number of rotatable bonds is 17. The standard InChI is InChI=1S/C43H49NO5/c1-6-35(43(46)47)21-22-36-26-38(39-11-7-8-23-44(36)39)41(45)37-10-9-12-40(48-27-33-17-13-31(14-18-33)24-29(2)3)42(37)49-28-34-19-15-32(16-20-34)25-30(4)5/h7-20,23,26,29-30,35H,6,21-22,24-25,27-28H2,1-5H3,(H,46,47). The first-order chi connectivity index (χ1) is 23.6. The van der Waals surface area contributed by atoms with Crippen molar-refractivity contribution in [1.82, 2.24) is 4.40 Å². The zero-order valence-electron chi connectivity index (χ0n) is 29.4. The molecule has 0 saturated heterocycles. The highest BCUT2D eigenvalue weighted by molar-refractivity contribution is 6.15. The van der Waals surface area contributed by atoms with Crippen molar-refractivity contribution >= 4 is 17.3 Å². The van der Waals surface area contributed by atoms with Crippen LogP contribution in [0.4, 0.5) is 0 Å². The molecule has 0 aliphatic rings. The highest BCUT2D eigenvalue weighted by atomic mass is 16.5. The second-order valence-corrected chi connectivity index (χ2v) is 13.9. The molecule has 5 aromatic rings. The summed E-state index contributed by atoms with van der Waals surface area (Å²) in [4.78, 5) is 26.2. The number of benzene rings is 3. The van der Waals surface area contributed by atoms with Gasteiger partial charge in [0.1, 0.15) is 13.2 Å². The Morgan fingerprint density at radius 3 is 1.88 bits per heavy atom. The van der Waals surface area contributed by atoms with Crippen LogP contribution in [0.5, 0.6) is 11.5 Å². The number of ether oxygens (including phenoxy) is 2. The van der Waals surface area contributed by atoms with E-state index in [1.165, 1.54) is 11.1 Å². The number of nitrogens with zero attached hydrogens (tertiary/aromatic N) is 1. The molecule has 0 spiro atoms. The fraction of sp³-hybridized carbons (Fsp3) is 0.349. The van der Waals surface area contributed by atoms with Crippen molar-refractivity contribution in [3.8, 4) is 11.5 Å². The molecule has 0 fully saturated rings.